The summed E-state index contributed by atoms with van der Waals surface area (Å²) >= 11 is 0. The van der Waals surface area contributed by atoms with Crippen LogP contribution in [0.3, 0.4) is 0 Å². The molecule has 0 unspecified atom stereocenters. The Balaban J connectivity index is 2.05. The number of aromatic nitrogens is 2. The van der Waals surface area contributed by atoms with Crippen LogP contribution in [0.5, 0.6) is 0 Å². The van der Waals surface area contributed by atoms with Gasteiger partial charge in [-0.3, -0.25) is 0 Å². The van der Waals surface area contributed by atoms with E-state index in [2.05, 4.69) is 5.10 Å². The third kappa shape index (κ3) is 1.82. The van der Waals surface area contributed by atoms with Crippen molar-refractivity contribution >= 4 is 16.5 Å². The molecule has 0 amide bonds. The zero-order chi connectivity index (χ0) is 14.4. The summed E-state index contributed by atoms with van der Waals surface area (Å²) in [7, 11) is 0. The van der Waals surface area contributed by atoms with Crippen LogP contribution in [0.25, 0.3) is 27.7 Å². The lowest BCUT2D eigenvalue weighted by Crippen LogP contribution is -2.12. The molecule has 4 nitrogen and oxygen atoms in total. The molecule has 21 heavy (non-hydrogen) atoms. The van der Waals surface area contributed by atoms with Crippen LogP contribution in [-0.4, -0.2) is 9.61 Å². The molecule has 0 saturated heterocycles. The molecule has 0 aliphatic carbocycles. The van der Waals surface area contributed by atoms with Crippen molar-refractivity contribution in [2.24, 2.45) is 0 Å². The molecule has 2 aromatic carbocycles. The van der Waals surface area contributed by atoms with Crippen molar-refractivity contribution in [1.29, 1.82) is 0 Å². The van der Waals surface area contributed by atoms with Crippen LogP contribution >= 0.6 is 0 Å². The second kappa shape index (κ2) is 4.28. The molecule has 4 rings (SSSR count). The number of halogens is 1. The van der Waals surface area contributed by atoms with Crippen LogP contribution < -0.4 is 5.76 Å². The van der Waals surface area contributed by atoms with Crippen LogP contribution in [0.4, 0.5) is 4.39 Å². The minimum absolute atomic E-state index is 0.313. The van der Waals surface area contributed by atoms with E-state index in [1.807, 2.05) is 12.1 Å². The summed E-state index contributed by atoms with van der Waals surface area (Å²) < 4.78 is 19.4. The highest BCUT2D eigenvalue weighted by Gasteiger charge is 2.11. The molecule has 2 aromatic heterocycles. The average Bonchev–Trinajstić information content (AvgIpc) is 2.94. The molecule has 0 atom stereocenters. The average molecular weight is 280 g/mol. The fraction of sp³-hybridized carbons (Fsp3) is 0. The molecule has 0 bridgehead atoms. The molecular formula is C16H9FN2O2. The van der Waals surface area contributed by atoms with Crippen molar-refractivity contribution in [3.8, 4) is 11.3 Å². The first-order chi connectivity index (χ1) is 10.2. The second-order valence-corrected chi connectivity index (χ2v) is 4.70. The van der Waals surface area contributed by atoms with E-state index in [-0.39, 0.29) is 5.82 Å². The van der Waals surface area contributed by atoms with Crippen molar-refractivity contribution in [3.63, 3.8) is 0 Å². The van der Waals surface area contributed by atoms with Crippen LogP contribution in [0.2, 0.25) is 0 Å². The lowest BCUT2D eigenvalue weighted by molar-refractivity contribution is 0.508. The summed E-state index contributed by atoms with van der Waals surface area (Å²) in [6.07, 6.45) is 0. The van der Waals surface area contributed by atoms with Crippen molar-refractivity contribution in [2.45, 2.75) is 0 Å². The first-order valence-corrected chi connectivity index (χ1v) is 6.40. The van der Waals surface area contributed by atoms with Gasteiger partial charge in [-0.25, -0.2) is 9.18 Å². The number of benzene rings is 2. The largest absolute Gasteiger partial charge is 0.440 e. The molecule has 4 aromatic rings. The van der Waals surface area contributed by atoms with E-state index in [0.29, 0.717) is 16.8 Å². The van der Waals surface area contributed by atoms with Gasteiger partial charge in [-0.1, -0.05) is 12.1 Å². The third-order valence-corrected chi connectivity index (χ3v) is 3.38. The standard InChI is InChI=1S/C16H9FN2O2/c17-11-7-5-10(6-8-11)13-9-14-12-3-1-2-4-15(12)21-16(20)19(14)18-13/h1-9H. The SMILES string of the molecule is O=c1oc2ccccc2c2cc(-c3ccc(F)cc3)nn12. The minimum Gasteiger partial charge on any atom is -0.408 e. The van der Waals surface area contributed by atoms with Gasteiger partial charge < -0.3 is 4.42 Å². The Kier molecular flexibility index (Phi) is 2.41. The number of hydrogen-bond acceptors (Lipinski definition) is 3. The predicted molar refractivity (Wildman–Crippen MR) is 76.6 cm³/mol. The van der Waals surface area contributed by atoms with Gasteiger partial charge in [0.2, 0.25) is 0 Å². The first kappa shape index (κ1) is 11.8. The number of para-hydroxylation sites is 1. The van der Waals surface area contributed by atoms with E-state index in [1.165, 1.54) is 16.6 Å². The summed E-state index contributed by atoms with van der Waals surface area (Å²) in [5, 5.41) is 5.05. The van der Waals surface area contributed by atoms with Gasteiger partial charge >= 0.3 is 5.76 Å². The predicted octanol–water partition coefficient (Wildman–Crippen LogP) is 3.25. The topological polar surface area (TPSA) is 47.5 Å². The van der Waals surface area contributed by atoms with Gasteiger partial charge in [-0.15, -0.1) is 0 Å². The fourth-order valence-electron chi connectivity index (χ4n) is 2.38. The second-order valence-electron chi connectivity index (χ2n) is 4.70. The summed E-state index contributed by atoms with van der Waals surface area (Å²) in [6, 6.07) is 15.0. The van der Waals surface area contributed by atoms with E-state index in [0.717, 1.165) is 10.9 Å². The molecule has 0 aliphatic heterocycles. The highest BCUT2D eigenvalue weighted by Crippen LogP contribution is 2.24. The Hall–Kier alpha value is -2.95. The van der Waals surface area contributed by atoms with Gasteiger partial charge in [-0.2, -0.15) is 9.61 Å². The Morgan fingerprint density at radius 2 is 1.81 bits per heavy atom. The van der Waals surface area contributed by atoms with Crippen LogP contribution in [0.1, 0.15) is 0 Å². The molecule has 0 N–H and O–H groups in total. The monoisotopic (exact) mass is 280 g/mol. The highest BCUT2D eigenvalue weighted by molar-refractivity contribution is 5.93. The van der Waals surface area contributed by atoms with Crippen molar-refractivity contribution < 1.29 is 8.81 Å². The van der Waals surface area contributed by atoms with E-state index >= 15 is 0 Å². The first-order valence-electron chi connectivity index (χ1n) is 6.40. The Morgan fingerprint density at radius 3 is 2.62 bits per heavy atom. The minimum atomic E-state index is -0.544. The molecule has 0 spiro atoms. The van der Waals surface area contributed by atoms with Gasteiger partial charge in [0.05, 0.1) is 11.2 Å². The van der Waals surface area contributed by atoms with Crippen molar-refractivity contribution in [1.82, 2.24) is 9.61 Å². The maximum absolute atomic E-state index is 13.0. The quantitative estimate of drug-likeness (QED) is 0.537. The van der Waals surface area contributed by atoms with Crippen LogP contribution in [0, 0.1) is 5.82 Å². The number of hydrogen-bond donors (Lipinski definition) is 0. The smallest absolute Gasteiger partial charge is 0.408 e. The molecule has 0 aliphatic rings. The maximum atomic E-state index is 13.0. The Morgan fingerprint density at radius 1 is 1.05 bits per heavy atom. The lowest BCUT2D eigenvalue weighted by Gasteiger charge is -1.97. The summed E-state index contributed by atoms with van der Waals surface area (Å²) in [5.41, 5.74) is 2.52. The van der Waals surface area contributed by atoms with E-state index in [4.69, 9.17) is 4.42 Å². The molecule has 2 heterocycles. The van der Waals surface area contributed by atoms with Gasteiger partial charge in [0.1, 0.15) is 11.4 Å². The molecule has 0 radical (unpaired) electrons. The highest BCUT2D eigenvalue weighted by atomic mass is 19.1. The summed E-state index contributed by atoms with van der Waals surface area (Å²) in [6.45, 7) is 0. The zero-order valence-electron chi connectivity index (χ0n) is 10.8. The van der Waals surface area contributed by atoms with E-state index in [9.17, 15) is 9.18 Å². The molecule has 0 saturated carbocycles. The maximum Gasteiger partial charge on any atom is 0.440 e. The van der Waals surface area contributed by atoms with Gasteiger partial charge in [0.15, 0.2) is 0 Å². The molecule has 0 fully saturated rings. The van der Waals surface area contributed by atoms with E-state index in [1.54, 1.807) is 30.3 Å². The van der Waals surface area contributed by atoms with Crippen LogP contribution in [0.15, 0.2) is 63.8 Å². The molecule has 5 heteroatoms. The zero-order valence-corrected chi connectivity index (χ0v) is 10.8. The van der Waals surface area contributed by atoms with E-state index < -0.39 is 5.76 Å². The lowest BCUT2D eigenvalue weighted by atomic mass is 10.1. The normalized spacial score (nSPS) is 11.3. The van der Waals surface area contributed by atoms with Gasteiger partial charge in [0, 0.05) is 10.9 Å². The summed E-state index contributed by atoms with van der Waals surface area (Å²) in [4.78, 5) is 12.0. The Labute approximate surface area is 118 Å². The van der Waals surface area contributed by atoms with Crippen molar-refractivity contribution in [2.75, 3.05) is 0 Å². The molecule has 102 valence electrons. The van der Waals surface area contributed by atoms with Gasteiger partial charge in [0.25, 0.3) is 0 Å². The molecular weight excluding hydrogens is 271 g/mol. The van der Waals surface area contributed by atoms with Gasteiger partial charge in [-0.05, 0) is 42.5 Å². The third-order valence-electron chi connectivity index (χ3n) is 3.38. The summed E-state index contributed by atoms with van der Waals surface area (Å²) in [5.74, 6) is -0.857. The fourth-order valence-corrected chi connectivity index (χ4v) is 2.38. The number of nitrogens with zero attached hydrogens (tertiary/aromatic N) is 2. The number of fused-ring (bicyclic) bond motifs is 3. The Bertz CT molecular complexity index is 1020. The van der Waals surface area contributed by atoms with Crippen molar-refractivity contribution in [3.05, 3.63) is 71.0 Å². The van der Waals surface area contributed by atoms with Crippen LogP contribution in [-0.2, 0) is 0 Å². The number of rotatable bonds is 1.